The molecular weight excluding hydrogens is 292 g/mol. The SMILES string of the molecule is COc1cccc(C(O)CN2CCCC(NC(=O)C(C)C)C2)c1. The van der Waals surface area contributed by atoms with Crippen molar-refractivity contribution in [1.82, 2.24) is 10.2 Å². The zero-order chi connectivity index (χ0) is 16.8. The lowest BCUT2D eigenvalue weighted by molar-refractivity contribution is -0.125. The predicted octanol–water partition coefficient (Wildman–Crippen LogP) is 1.97. The van der Waals surface area contributed by atoms with Crippen LogP contribution in [-0.2, 0) is 4.79 Å². The molecule has 1 aliphatic heterocycles. The van der Waals surface area contributed by atoms with Crippen LogP contribution in [0.4, 0.5) is 0 Å². The molecule has 0 saturated carbocycles. The smallest absolute Gasteiger partial charge is 0.222 e. The second-order valence-electron chi connectivity index (χ2n) is 6.55. The first-order valence-corrected chi connectivity index (χ1v) is 8.34. The highest BCUT2D eigenvalue weighted by Crippen LogP contribution is 2.21. The Morgan fingerprint density at radius 1 is 1.48 bits per heavy atom. The Bertz CT molecular complexity index is 519. The van der Waals surface area contributed by atoms with E-state index in [1.807, 2.05) is 38.1 Å². The topological polar surface area (TPSA) is 61.8 Å². The number of benzene rings is 1. The van der Waals surface area contributed by atoms with Crippen molar-refractivity contribution in [2.75, 3.05) is 26.7 Å². The lowest BCUT2D eigenvalue weighted by Gasteiger charge is -2.34. The van der Waals surface area contributed by atoms with Gasteiger partial charge in [-0.3, -0.25) is 9.69 Å². The maximum Gasteiger partial charge on any atom is 0.222 e. The third-order valence-electron chi connectivity index (χ3n) is 4.29. The van der Waals surface area contributed by atoms with Crippen LogP contribution < -0.4 is 10.1 Å². The number of hydrogen-bond acceptors (Lipinski definition) is 4. The Morgan fingerprint density at radius 3 is 2.96 bits per heavy atom. The van der Waals surface area contributed by atoms with Crippen LogP contribution in [0.2, 0.25) is 0 Å². The normalized spacial score (nSPS) is 20.3. The number of aliphatic hydroxyl groups excluding tert-OH is 1. The summed E-state index contributed by atoms with van der Waals surface area (Å²) in [6.45, 7) is 6.13. The first-order chi connectivity index (χ1) is 11.0. The average Bonchev–Trinajstić information content (AvgIpc) is 2.55. The van der Waals surface area contributed by atoms with E-state index in [1.54, 1.807) is 7.11 Å². The van der Waals surface area contributed by atoms with Crippen LogP contribution in [0.3, 0.4) is 0 Å². The molecule has 0 aliphatic carbocycles. The third kappa shape index (κ3) is 5.22. The molecule has 5 heteroatoms. The Kier molecular flexibility index (Phi) is 6.42. The summed E-state index contributed by atoms with van der Waals surface area (Å²) in [5, 5.41) is 13.6. The Labute approximate surface area is 138 Å². The monoisotopic (exact) mass is 320 g/mol. The zero-order valence-corrected chi connectivity index (χ0v) is 14.3. The summed E-state index contributed by atoms with van der Waals surface area (Å²) in [7, 11) is 1.62. The number of amides is 1. The van der Waals surface area contributed by atoms with Crippen molar-refractivity contribution in [2.24, 2.45) is 5.92 Å². The van der Waals surface area contributed by atoms with Gasteiger partial charge in [0.1, 0.15) is 5.75 Å². The lowest BCUT2D eigenvalue weighted by Crippen LogP contribution is -2.49. The van der Waals surface area contributed by atoms with E-state index in [-0.39, 0.29) is 17.9 Å². The quantitative estimate of drug-likeness (QED) is 0.841. The molecule has 0 spiro atoms. The van der Waals surface area contributed by atoms with Gasteiger partial charge in [-0.2, -0.15) is 0 Å². The molecule has 1 heterocycles. The Morgan fingerprint density at radius 2 is 2.26 bits per heavy atom. The van der Waals surface area contributed by atoms with Crippen LogP contribution in [0.25, 0.3) is 0 Å². The van der Waals surface area contributed by atoms with Gasteiger partial charge in [-0.1, -0.05) is 26.0 Å². The number of ether oxygens (including phenoxy) is 1. The standard InChI is InChI=1S/C18H28N2O3/c1-13(2)18(22)19-15-7-5-9-20(11-15)12-17(21)14-6-4-8-16(10-14)23-3/h4,6,8,10,13,15,17,21H,5,7,9,11-12H2,1-3H3,(H,19,22). The van der Waals surface area contributed by atoms with Crippen molar-refractivity contribution >= 4 is 5.91 Å². The molecule has 128 valence electrons. The fraction of sp³-hybridized carbons (Fsp3) is 0.611. The highest BCUT2D eigenvalue weighted by atomic mass is 16.5. The van der Waals surface area contributed by atoms with Gasteiger partial charge in [0.15, 0.2) is 0 Å². The number of methoxy groups -OCH3 is 1. The maximum atomic E-state index is 11.8. The summed E-state index contributed by atoms with van der Waals surface area (Å²) in [5.41, 5.74) is 0.859. The first-order valence-electron chi connectivity index (χ1n) is 8.34. The fourth-order valence-electron chi connectivity index (χ4n) is 2.91. The number of piperidine rings is 1. The average molecular weight is 320 g/mol. The van der Waals surface area contributed by atoms with Crippen LogP contribution >= 0.6 is 0 Å². The molecule has 0 bridgehead atoms. The second kappa shape index (κ2) is 8.31. The summed E-state index contributed by atoms with van der Waals surface area (Å²) < 4.78 is 5.21. The van der Waals surface area contributed by atoms with Gasteiger partial charge in [-0.15, -0.1) is 0 Å². The van der Waals surface area contributed by atoms with Gasteiger partial charge in [0.25, 0.3) is 0 Å². The van der Waals surface area contributed by atoms with Crippen molar-refractivity contribution in [1.29, 1.82) is 0 Å². The van der Waals surface area contributed by atoms with E-state index in [0.717, 1.165) is 37.2 Å². The number of aliphatic hydroxyl groups is 1. The fourth-order valence-corrected chi connectivity index (χ4v) is 2.91. The number of nitrogens with zero attached hydrogens (tertiary/aromatic N) is 1. The van der Waals surface area contributed by atoms with Gasteiger partial charge in [0, 0.05) is 25.0 Å². The van der Waals surface area contributed by atoms with E-state index in [1.165, 1.54) is 0 Å². The molecule has 0 aromatic heterocycles. The molecule has 1 aliphatic rings. The molecule has 1 saturated heterocycles. The molecule has 5 nitrogen and oxygen atoms in total. The molecule has 1 aromatic carbocycles. The Hall–Kier alpha value is -1.59. The number of carbonyl (C=O) groups is 1. The number of likely N-dealkylation sites (tertiary alicyclic amines) is 1. The Balaban J connectivity index is 1.90. The minimum atomic E-state index is -0.551. The van der Waals surface area contributed by atoms with Crippen molar-refractivity contribution in [2.45, 2.75) is 38.8 Å². The number of carbonyl (C=O) groups excluding carboxylic acids is 1. The van der Waals surface area contributed by atoms with Gasteiger partial charge in [0.2, 0.25) is 5.91 Å². The molecule has 1 fully saturated rings. The van der Waals surface area contributed by atoms with E-state index in [4.69, 9.17) is 4.74 Å². The number of rotatable bonds is 6. The largest absolute Gasteiger partial charge is 0.497 e. The van der Waals surface area contributed by atoms with Crippen LogP contribution in [0.15, 0.2) is 24.3 Å². The first kappa shape index (κ1) is 17.8. The summed E-state index contributed by atoms with van der Waals surface area (Å²) in [5.74, 6) is 0.861. The molecule has 1 aromatic rings. The number of β-amino-alcohol motifs (C(OH)–C–C–N with tert-alkyl or cyclic N) is 1. The lowest BCUT2D eigenvalue weighted by atomic mass is 10.0. The van der Waals surface area contributed by atoms with Crippen molar-refractivity contribution < 1.29 is 14.6 Å². The zero-order valence-electron chi connectivity index (χ0n) is 14.3. The van der Waals surface area contributed by atoms with E-state index < -0.39 is 6.10 Å². The molecule has 23 heavy (non-hydrogen) atoms. The van der Waals surface area contributed by atoms with Crippen LogP contribution in [0, 0.1) is 5.92 Å². The number of hydrogen-bond donors (Lipinski definition) is 2. The van der Waals surface area contributed by atoms with Gasteiger partial charge < -0.3 is 15.2 Å². The van der Waals surface area contributed by atoms with Crippen molar-refractivity contribution in [3.63, 3.8) is 0 Å². The van der Waals surface area contributed by atoms with Gasteiger partial charge in [-0.05, 0) is 37.1 Å². The molecule has 0 radical (unpaired) electrons. The van der Waals surface area contributed by atoms with Gasteiger partial charge >= 0.3 is 0 Å². The van der Waals surface area contributed by atoms with E-state index in [2.05, 4.69) is 10.2 Å². The van der Waals surface area contributed by atoms with E-state index in [0.29, 0.717) is 6.54 Å². The molecular formula is C18H28N2O3. The van der Waals surface area contributed by atoms with Crippen molar-refractivity contribution in [3.05, 3.63) is 29.8 Å². The van der Waals surface area contributed by atoms with E-state index in [9.17, 15) is 9.90 Å². The van der Waals surface area contributed by atoms with Crippen molar-refractivity contribution in [3.8, 4) is 5.75 Å². The molecule has 2 N–H and O–H groups in total. The minimum Gasteiger partial charge on any atom is -0.497 e. The highest BCUT2D eigenvalue weighted by Gasteiger charge is 2.24. The molecule has 1 amide bonds. The number of nitrogens with one attached hydrogen (secondary N) is 1. The summed E-state index contributed by atoms with van der Waals surface area (Å²) in [6.07, 6.45) is 1.49. The highest BCUT2D eigenvalue weighted by molar-refractivity contribution is 5.78. The molecule has 2 rings (SSSR count). The van der Waals surface area contributed by atoms with E-state index >= 15 is 0 Å². The van der Waals surface area contributed by atoms with Crippen LogP contribution in [0.5, 0.6) is 5.75 Å². The van der Waals surface area contributed by atoms with Crippen LogP contribution in [0.1, 0.15) is 38.4 Å². The summed E-state index contributed by atoms with van der Waals surface area (Å²) in [4.78, 5) is 14.1. The van der Waals surface area contributed by atoms with Gasteiger partial charge in [-0.25, -0.2) is 0 Å². The summed E-state index contributed by atoms with van der Waals surface area (Å²) in [6, 6.07) is 7.71. The summed E-state index contributed by atoms with van der Waals surface area (Å²) >= 11 is 0. The van der Waals surface area contributed by atoms with Gasteiger partial charge in [0.05, 0.1) is 13.2 Å². The molecule has 2 atom stereocenters. The predicted molar refractivity (Wildman–Crippen MR) is 90.4 cm³/mol. The minimum absolute atomic E-state index is 0.00718. The second-order valence-corrected chi connectivity index (χ2v) is 6.55. The maximum absolute atomic E-state index is 11.8. The third-order valence-corrected chi connectivity index (χ3v) is 4.29. The molecule has 2 unspecified atom stereocenters. The van der Waals surface area contributed by atoms with Crippen LogP contribution in [-0.4, -0.2) is 48.7 Å².